The van der Waals surface area contributed by atoms with Crippen LogP contribution in [-0.4, -0.2) is 6.26 Å². The van der Waals surface area contributed by atoms with Gasteiger partial charge in [0.15, 0.2) is 0 Å². The number of rotatable bonds is 1. The van der Waals surface area contributed by atoms with Crippen LogP contribution >= 0.6 is 11.8 Å². The monoisotopic (exact) mass is 174 g/mol. The molecule has 0 unspecified atom stereocenters. The Morgan fingerprint density at radius 3 is 2.00 bits per heavy atom. The Hall–Kier alpha value is -0.570. The molecule has 3 heteroatoms. The Labute approximate surface area is 68.6 Å². The molecule has 0 aliphatic rings. The topological polar surface area (TPSA) is 0 Å². The molecule has 0 heterocycles. The standard InChI is InChI=1S/C8H8F2S/c1-5-3-6(9)8(11-2)7(10)4-5/h3-4H,1-2H3. The van der Waals surface area contributed by atoms with Crippen molar-refractivity contribution in [2.45, 2.75) is 11.8 Å². The third kappa shape index (κ3) is 1.71. The van der Waals surface area contributed by atoms with E-state index >= 15 is 0 Å². The van der Waals surface area contributed by atoms with Gasteiger partial charge in [0, 0.05) is 0 Å². The molecule has 0 aliphatic carbocycles. The van der Waals surface area contributed by atoms with Crippen molar-refractivity contribution in [3.63, 3.8) is 0 Å². The molecular formula is C8H8F2S. The van der Waals surface area contributed by atoms with Gasteiger partial charge in [0.1, 0.15) is 11.6 Å². The van der Waals surface area contributed by atoms with Crippen LogP contribution in [0.25, 0.3) is 0 Å². The smallest absolute Gasteiger partial charge is 0.139 e. The van der Waals surface area contributed by atoms with E-state index in [1.165, 1.54) is 12.1 Å². The minimum Gasteiger partial charge on any atom is -0.206 e. The Bertz CT molecular complexity index is 248. The van der Waals surface area contributed by atoms with E-state index in [1.54, 1.807) is 13.2 Å². The van der Waals surface area contributed by atoms with Gasteiger partial charge in [0.2, 0.25) is 0 Å². The molecule has 1 rings (SSSR count). The molecule has 0 saturated carbocycles. The van der Waals surface area contributed by atoms with E-state index < -0.39 is 11.6 Å². The highest BCUT2D eigenvalue weighted by atomic mass is 32.2. The molecule has 0 atom stereocenters. The summed E-state index contributed by atoms with van der Waals surface area (Å²) in [5.74, 6) is -0.954. The maximum Gasteiger partial charge on any atom is 0.139 e. The van der Waals surface area contributed by atoms with Gasteiger partial charge in [-0.25, -0.2) is 8.78 Å². The summed E-state index contributed by atoms with van der Waals surface area (Å²) < 4.78 is 25.7. The van der Waals surface area contributed by atoms with Crippen LogP contribution in [0.3, 0.4) is 0 Å². The first-order valence-electron chi connectivity index (χ1n) is 3.15. The zero-order valence-corrected chi connectivity index (χ0v) is 7.14. The van der Waals surface area contributed by atoms with Gasteiger partial charge in [-0.3, -0.25) is 0 Å². The highest BCUT2D eigenvalue weighted by Crippen LogP contribution is 2.23. The van der Waals surface area contributed by atoms with E-state index in [0.29, 0.717) is 5.56 Å². The fourth-order valence-corrected chi connectivity index (χ4v) is 1.39. The van der Waals surface area contributed by atoms with Gasteiger partial charge in [-0.15, -0.1) is 11.8 Å². The first-order valence-corrected chi connectivity index (χ1v) is 4.37. The number of hydrogen-bond donors (Lipinski definition) is 0. The van der Waals surface area contributed by atoms with E-state index in [1.807, 2.05) is 0 Å². The lowest BCUT2D eigenvalue weighted by Crippen LogP contribution is -1.88. The Morgan fingerprint density at radius 1 is 1.18 bits per heavy atom. The lowest BCUT2D eigenvalue weighted by molar-refractivity contribution is 0.539. The molecule has 0 N–H and O–H groups in total. The van der Waals surface area contributed by atoms with Crippen LogP contribution in [0.15, 0.2) is 17.0 Å². The van der Waals surface area contributed by atoms with Crippen molar-refractivity contribution in [1.29, 1.82) is 0 Å². The second-order valence-electron chi connectivity index (χ2n) is 2.26. The number of thioether (sulfide) groups is 1. The van der Waals surface area contributed by atoms with Gasteiger partial charge in [-0.05, 0) is 30.9 Å². The molecule has 0 spiro atoms. The predicted octanol–water partition coefficient (Wildman–Crippen LogP) is 3.00. The number of halogens is 2. The largest absolute Gasteiger partial charge is 0.206 e. The summed E-state index contributed by atoms with van der Waals surface area (Å²) in [6, 6.07) is 2.66. The summed E-state index contributed by atoms with van der Waals surface area (Å²) in [6.45, 7) is 1.66. The summed E-state index contributed by atoms with van der Waals surface area (Å²) in [5, 5.41) is 0. The summed E-state index contributed by atoms with van der Waals surface area (Å²) in [7, 11) is 0. The van der Waals surface area contributed by atoms with Crippen LogP contribution < -0.4 is 0 Å². The summed E-state index contributed by atoms with van der Waals surface area (Å²) >= 11 is 1.08. The van der Waals surface area contributed by atoms with Gasteiger partial charge in [0.05, 0.1) is 4.90 Å². The summed E-state index contributed by atoms with van der Waals surface area (Å²) in [5.41, 5.74) is 0.609. The van der Waals surface area contributed by atoms with Gasteiger partial charge < -0.3 is 0 Å². The summed E-state index contributed by atoms with van der Waals surface area (Å²) in [4.78, 5) is 0.0931. The van der Waals surface area contributed by atoms with Crippen LogP contribution in [0.2, 0.25) is 0 Å². The van der Waals surface area contributed by atoms with E-state index in [9.17, 15) is 8.78 Å². The van der Waals surface area contributed by atoms with E-state index in [4.69, 9.17) is 0 Å². The van der Waals surface area contributed by atoms with Crippen molar-refractivity contribution < 1.29 is 8.78 Å². The summed E-state index contributed by atoms with van der Waals surface area (Å²) in [6.07, 6.45) is 1.65. The number of aryl methyl sites for hydroxylation is 1. The van der Waals surface area contributed by atoms with E-state index in [0.717, 1.165) is 11.8 Å². The number of hydrogen-bond acceptors (Lipinski definition) is 1. The first-order chi connectivity index (χ1) is 5.15. The molecule has 1 aromatic rings. The molecule has 0 bridgehead atoms. The zero-order valence-electron chi connectivity index (χ0n) is 6.32. The second kappa shape index (κ2) is 3.22. The molecule has 0 nitrogen and oxygen atoms in total. The highest BCUT2D eigenvalue weighted by Gasteiger charge is 2.07. The molecule has 11 heavy (non-hydrogen) atoms. The molecule has 0 amide bonds. The predicted molar refractivity (Wildman–Crippen MR) is 42.9 cm³/mol. The van der Waals surface area contributed by atoms with Crippen LogP contribution in [0.4, 0.5) is 8.78 Å². The fraction of sp³-hybridized carbons (Fsp3) is 0.250. The SMILES string of the molecule is CSc1c(F)cc(C)cc1F. The quantitative estimate of drug-likeness (QED) is 0.590. The molecule has 0 radical (unpaired) electrons. The van der Waals surface area contributed by atoms with Crippen molar-refractivity contribution in [3.8, 4) is 0 Å². The fourth-order valence-electron chi connectivity index (χ4n) is 0.882. The van der Waals surface area contributed by atoms with Gasteiger partial charge >= 0.3 is 0 Å². The maximum atomic E-state index is 12.9. The van der Waals surface area contributed by atoms with Crippen molar-refractivity contribution in [3.05, 3.63) is 29.3 Å². The third-order valence-electron chi connectivity index (χ3n) is 1.35. The molecule has 0 aromatic heterocycles. The molecular weight excluding hydrogens is 166 g/mol. The number of benzene rings is 1. The minimum absolute atomic E-state index is 0.0931. The molecule has 0 fully saturated rings. The Morgan fingerprint density at radius 2 is 1.64 bits per heavy atom. The van der Waals surface area contributed by atoms with Crippen LogP contribution in [0.1, 0.15) is 5.56 Å². The third-order valence-corrected chi connectivity index (χ3v) is 2.14. The van der Waals surface area contributed by atoms with Gasteiger partial charge in [-0.2, -0.15) is 0 Å². The van der Waals surface area contributed by atoms with Crippen LogP contribution in [-0.2, 0) is 0 Å². The molecule has 0 aliphatic heterocycles. The average Bonchev–Trinajstić information content (AvgIpc) is 1.85. The lowest BCUT2D eigenvalue weighted by atomic mass is 10.2. The Kier molecular flexibility index (Phi) is 2.49. The zero-order chi connectivity index (χ0) is 8.43. The van der Waals surface area contributed by atoms with E-state index in [2.05, 4.69) is 0 Å². The van der Waals surface area contributed by atoms with Crippen molar-refractivity contribution in [2.24, 2.45) is 0 Å². The van der Waals surface area contributed by atoms with Gasteiger partial charge in [0.25, 0.3) is 0 Å². The normalized spacial score (nSPS) is 10.2. The second-order valence-corrected chi connectivity index (χ2v) is 3.08. The average molecular weight is 174 g/mol. The molecule has 0 saturated heterocycles. The maximum absolute atomic E-state index is 12.9. The van der Waals surface area contributed by atoms with Crippen molar-refractivity contribution >= 4 is 11.8 Å². The Balaban J connectivity index is 3.25. The minimum atomic E-state index is -0.477. The lowest BCUT2D eigenvalue weighted by Gasteiger charge is -2.01. The van der Waals surface area contributed by atoms with E-state index in [-0.39, 0.29) is 4.90 Å². The molecule has 1 aromatic carbocycles. The van der Waals surface area contributed by atoms with Crippen LogP contribution in [0, 0.1) is 18.6 Å². The van der Waals surface area contributed by atoms with Crippen molar-refractivity contribution in [2.75, 3.05) is 6.26 Å². The highest BCUT2D eigenvalue weighted by molar-refractivity contribution is 7.98. The molecule has 60 valence electrons. The van der Waals surface area contributed by atoms with Crippen molar-refractivity contribution in [1.82, 2.24) is 0 Å². The van der Waals surface area contributed by atoms with Crippen LogP contribution in [0.5, 0.6) is 0 Å². The first kappa shape index (κ1) is 8.53. The van der Waals surface area contributed by atoms with Gasteiger partial charge in [-0.1, -0.05) is 0 Å².